The third-order valence-corrected chi connectivity index (χ3v) is 5.00. The molecule has 0 aromatic heterocycles. The molecule has 0 spiro atoms. The lowest BCUT2D eigenvalue weighted by atomic mass is 9.54. The summed E-state index contributed by atoms with van der Waals surface area (Å²) in [6, 6.07) is 6.16. The van der Waals surface area contributed by atoms with E-state index in [0.717, 1.165) is 12.8 Å². The average Bonchev–Trinajstić information content (AvgIpc) is 2.54. The van der Waals surface area contributed by atoms with E-state index in [1.807, 2.05) is 26.8 Å². The summed E-state index contributed by atoms with van der Waals surface area (Å²) in [5.41, 5.74) is -2.40. The number of aliphatic imine (C=N–C) groups is 1. The molecule has 22 heavy (non-hydrogen) atoms. The molecule has 1 rings (SSSR count). The predicted molar refractivity (Wildman–Crippen MR) is 83.7 cm³/mol. The largest absolute Gasteiger partial charge is 0.356 e. The molecule has 2 atom stereocenters. The number of hydrogen-bond acceptors (Lipinski definition) is 5. The second kappa shape index (κ2) is 7.59. The van der Waals surface area contributed by atoms with E-state index in [-0.39, 0.29) is 5.17 Å². The molecule has 0 fully saturated rings. The van der Waals surface area contributed by atoms with Crippen molar-refractivity contribution in [1.82, 2.24) is 0 Å². The molecular formula is C16H21ClN4O. The minimum Gasteiger partial charge on any atom is -0.356 e. The van der Waals surface area contributed by atoms with Gasteiger partial charge >= 0.3 is 0 Å². The van der Waals surface area contributed by atoms with Gasteiger partial charge in [0.25, 0.3) is 0 Å². The number of nitriles is 3. The van der Waals surface area contributed by atoms with Crippen molar-refractivity contribution in [2.75, 3.05) is 6.61 Å². The van der Waals surface area contributed by atoms with Gasteiger partial charge in [-0.3, -0.25) is 0 Å². The van der Waals surface area contributed by atoms with Crippen molar-refractivity contribution in [2.24, 2.45) is 21.7 Å². The molecule has 6 heteroatoms. The maximum Gasteiger partial charge on any atom is 0.175 e. The summed E-state index contributed by atoms with van der Waals surface area (Å²) < 4.78 is 5.86. The van der Waals surface area contributed by atoms with E-state index in [4.69, 9.17) is 16.3 Å². The normalized spacial score (nSPS) is 25.4. The van der Waals surface area contributed by atoms with Crippen LogP contribution >= 0.6 is 11.6 Å². The van der Waals surface area contributed by atoms with E-state index in [2.05, 4.69) is 17.1 Å². The van der Waals surface area contributed by atoms with Crippen LogP contribution in [0.1, 0.15) is 46.5 Å². The first-order chi connectivity index (χ1) is 10.5. The Hall–Kier alpha value is -1.61. The molecule has 1 aliphatic heterocycles. The molecule has 0 aromatic carbocycles. The molecule has 0 amide bonds. The van der Waals surface area contributed by atoms with E-state index in [1.54, 1.807) is 0 Å². The summed E-state index contributed by atoms with van der Waals surface area (Å²) >= 11 is 6.12. The highest BCUT2D eigenvalue weighted by Crippen LogP contribution is 2.56. The Morgan fingerprint density at radius 2 is 1.77 bits per heavy atom. The lowest BCUT2D eigenvalue weighted by Gasteiger charge is -2.49. The van der Waals surface area contributed by atoms with Crippen molar-refractivity contribution in [3.63, 3.8) is 0 Å². The monoisotopic (exact) mass is 320 g/mol. The molecule has 118 valence electrons. The highest BCUT2D eigenvalue weighted by Gasteiger charge is 2.64. The Kier molecular flexibility index (Phi) is 6.36. The van der Waals surface area contributed by atoms with Gasteiger partial charge in [0, 0.05) is 6.61 Å². The lowest BCUT2D eigenvalue weighted by Crippen LogP contribution is -2.56. The van der Waals surface area contributed by atoms with Gasteiger partial charge in [0.05, 0.1) is 23.6 Å². The van der Waals surface area contributed by atoms with Gasteiger partial charge in [-0.2, -0.15) is 15.8 Å². The molecule has 5 nitrogen and oxygen atoms in total. The zero-order valence-corrected chi connectivity index (χ0v) is 14.0. The summed E-state index contributed by atoms with van der Waals surface area (Å²) in [6.07, 6.45) is 2.17. The molecule has 0 aliphatic carbocycles. The molecule has 0 unspecified atom stereocenters. The third kappa shape index (κ3) is 2.58. The summed E-state index contributed by atoms with van der Waals surface area (Å²) in [5, 5.41) is 28.9. The summed E-state index contributed by atoms with van der Waals surface area (Å²) in [5.74, 6) is -1.05. The van der Waals surface area contributed by atoms with E-state index in [9.17, 15) is 15.8 Å². The minimum absolute atomic E-state index is 0.00961. The highest BCUT2D eigenvalue weighted by molar-refractivity contribution is 6.66. The first-order valence-corrected chi connectivity index (χ1v) is 7.98. The van der Waals surface area contributed by atoms with E-state index in [0.29, 0.717) is 19.4 Å². The molecule has 0 bridgehead atoms. The van der Waals surface area contributed by atoms with Gasteiger partial charge in [0.15, 0.2) is 11.6 Å². The Labute approximate surface area is 137 Å². The van der Waals surface area contributed by atoms with E-state index in [1.165, 1.54) is 0 Å². The van der Waals surface area contributed by atoms with Gasteiger partial charge in [-0.25, -0.2) is 4.99 Å². The number of hydrogen-bond donors (Lipinski definition) is 0. The van der Waals surface area contributed by atoms with E-state index >= 15 is 0 Å². The number of ether oxygens (including phenoxy) is 1. The third-order valence-electron chi connectivity index (χ3n) is 4.69. The van der Waals surface area contributed by atoms with Crippen molar-refractivity contribution >= 4 is 16.8 Å². The molecule has 0 aromatic rings. The van der Waals surface area contributed by atoms with Crippen LogP contribution in [0.3, 0.4) is 0 Å². The van der Waals surface area contributed by atoms with Crippen molar-refractivity contribution in [1.29, 1.82) is 15.8 Å². The van der Waals surface area contributed by atoms with Crippen molar-refractivity contribution in [3.05, 3.63) is 0 Å². The Morgan fingerprint density at radius 3 is 2.18 bits per heavy atom. The fraction of sp³-hybridized carbons (Fsp3) is 0.750. The van der Waals surface area contributed by atoms with Crippen LogP contribution in [-0.2, 0) is 4.74 Å². The summed E-state index contributed by atoms with van der Waals surface area (Å²) in [6.45, 7) is 6.33. The second-order valence-corrected chi connectivity index (χ2v) is 5.87. The molecule has 0 N–H and O–H groups in total. The average molecular weight is 321 g/mol. The maximum absolute atomic E-state index is 9.76. The van der Waals surface area contributed by atoms with Crippen LogP contribution in [0.2, 0.25) is 0 Å². The quantitative estimate of drug-likeness (QED) is 0.696. The molecular weight excluding hydrogens is 300 g/mol. The number of unbranched alkanes of at least 4 members (excludes halogenated alkanes) is 1. The highest BCUT2D eigenvalue weighted by atomic mass is 35.5. The predicted octanol–water partition coefficient (Wildman–Crippen LogP) is 3.76. The van der Waals surface area contributed by atoms with Gasteiger partial charge in [0.1, 0.15) is 11.1 Å². The van der Waals surface area contributed by atoms with Crippen molar-refractivity contribution < 1.29 is 4.74 Å². The number of halogens is 1. The van der Waals surface area contributed by atoms with Crippen LogP contribution in [0.4, 0.5) is 0 Å². The SMILES string of the molecule is CCCCO[C@H]1N=C(Cl)[C@@H](C#N)C(C#N)(C#N)C1(CC)CC. The van der Waals surface area contributed by atoms with E-state index < -0.39 is 23.0 Å². The first-order valence-electron chi connectivity index (χ1n) is 7.60. The maximum atomic E-state index is 9.76. The number of nitrogens with zero attached hydrogens (tertiary/aromatic N) is 4. The molecule has 1 heterocycles. The van der Waals surface area contributed by atoms with Crippen LogP contribution in [0.5, 0.6) is 0 Å². The van der Waals surface area contributed by atoms with Crippen molar-refractivity contribution in [2.45, 2.75) is 52.7 Å². The standard InChI is InChI=1S/C16H21ClN4O/c1-4-7-8-22-14-15(5-2,6-3)16(10-19,11-20)12(9-18)13(17)21-14/h12,14H,4-8H2,1-3H3/t12-,14-/m1/s1. The minimum atomic E-state index is -1.55. The summed E-state index contributed by atoms with van der Waals surface area (Å²) in [7, 11) is 0. The Bertz CT molecular complexity index is 534. The topological polar surface area (TPSA) is 93.0 Å². The van der Waals surface area contributed by atoms with Crippen molar-refractivity contribution in [3.8, 4) is 18.2 Å². The van der Waals surface area contributed by atoms with Gasteiger partial charge in [0.2, 0.25) is 0 Å². The lowest BCUT2D eigenvalue weighted by molar-refractivity contribution is -0.0905. The second-order valence-electron chi connectivity index (χ2n) is 5.49. The molecule has 0 radical (unpaired) electrons. The molecule has 0 saturated carbocycles. The smallest absolute Gasteiger partial charge is 0.175 e. The van der Waals surface area contributed by atoms with Gasteiger partial charge in [-0.1, -0.05) is 38.8 Å². The Morgan fingerprint density at radius 1 is 1.18 bits per heavy atom. The fourth-order valence-electron chi connectivity index (χ4n) is 3.19. The van der Waals surface area contributed by atoms with Crippen LogP contribution in [0, 0.1) is 50.7 Å². The van der Waals surface area contributed by atoms with Gasteiger partial charge in [-0.05, 0) is 19.3 Å². The van der Waals surface area contributed by atoms with Crippen LogP contribution < -0.4 is 0 Å². The number of rotatable bonds is 6. The first kappa shape index (κ1) is 18.4. The zero-order chi connectivity index (χ0) is 16.8. The van der Waals surface area contributed by atoms with Gasteiger partial charge < -0.3 is 4.74 Å². The van der Waals surface area contributed by atoms with Crippen LogP contribution in [-0.4, -0.2) is 18.0 Å². The fourth-order valence-corrected chi connectivity index (χ4v) is 3.49. The molecule has 0 saturated heterocycles. The Balaban J connectivity index is 3.47. The summed E-state index contributed by atoms with van der Waals surface area (Å²) in [4.78, 5) is 4.33. The van der Waals surface area contributed by atoms with Crippen LogP contribution in [0.15, 0.2) is 4.99 Å². The zero-order valence-electron chi connectivity index (χ0n) is 13.3. The van der Waals surface area contributed by atoms with Crippen LogP contribution in [0.25, 0.3) is 0 Å². The molecule has 1 aliphatic rings. The van der Waals surface area contributed by atoms with Gasteiger partial charge in [-0.15, -0.1) is 0 Å².